The van der Waals surface area contributed by atoms with Crippen molar-refractivity contribution >= 4 is 11.8 Å². The number of halogens is 8. The number of aliphatic hydroxyl groups excluding tert-OH is 1. The van der Waals surface area contributed by atoms with E-state index in [1.807, 2.05) is 19.1 Å². The number of hydrogen-bond donors (Lipinski definition) is 3. The third kappa shape index (κ3) is 8.90. The fourth-order valence-corrected chi connectivity index (χ4v) is 4.52. The van der Waals surface area contributed by atoms with E-state index in [0.29, 0.717) is 11.0 Å². The number of nitrogens with one attached hydrogen (secondary N) is 2. The summed E-state index contributed by atoms with van der Waals surface area (Å²) in [5.41, 5.74) is 1.50. The van der Waals surface area contributed by atoms with Crippen LogP contribution in [0.25, 0.3) is 0 Å². The Morgan fingerprint density at radius 1 is 0.841 bits per heavy atom. The Labute approximate surface area is 250 Å². The largest absolute Gasteiger partial charge is 0.393 e. The second kappa shape index (κ2) is 15.6. The number of nitrogens with zero attached hydrogens (tertiary/aromatic N) is 1. The zero-order valence-electron chi connectivity index (χ0n) is 24.6. The molecule has 2 atom stereocenters. The Balaban J connectivity index is 2.32. The molecular weight excluding hydrogens is 602 g/mol. The zero-order chi connectivity index (χ0) is 33.3. The first kappa shape index (κ1) is 36.9. The molecular formula is C30H37F8N3O3. The molecule has 0 aromatic heterocycles. The zero-order valence-corrected chi connectivity index (χ0v) is 24.6. The molecule has 0 bridgehead atoms. The van der Waals surface area contributed by atoms with Crippen LogP contribution < -0.4 is 10.6 Å². The average Bonchev–Trinajstić information content (AvgIpc) is 2.95. The number of aliphatic hydroxyl groups is 1. The van der Waals surface area contributed by atoms with E-state index in [0.717, 1.165) is 29.7 Å². The molecule has 0 unspecified atom stereocenters. The van der Waals surface area contributed by atoms with Crippen LogP contribution in [0.5, 0.6) is 0 Å². The molecule has 0 radical (unpaired) electrons. The van der Waals surface area contributed by atoms with Crippen LogP contribution in [0.3, 0.4) is 0 Å². The van der Waals surface area contributed by atoms with Crippen molar-refractivity contribution < 1.29 is 49.8 Å². The monoisotopic (exact) mass is 639 g/mol. The fourth-order valence-electron chi connectivity index (χ4n) is 4.52. The number of rotatable bonds is 17. The maximum atomic E-state index is 14.9. The van der Waals surface area contributed by atoms with E-state index in [-0.39, 0.29) is 24.9 Å². The molecule has 44 heavy (non-hydrogen) atoms. The fraction of sp³-hybridized carbons (Fsp3) is 0.533. The lowest BCUT2D eigenvalue weighted by atomic mass is 9.98. The van der Waals surface area contributed by atoms with Gasteiger partial charge in [0.25, 0.3) is 11.8 Å². The molecule has 0 heterocycles. The van der Waals surface area contributed by atoms with Gasteiger partial charge in [-0.25, -0.2) is 8.78 Å². The van der Waals surface area contributed by atoms with E-state index in [1.54, 1.807) is 12.1 Å². The number of hydrogen-bond acceptors (Lipinski definition) is 4. The number of alkyl halides is 6. The summed E-state index contributed by atoms with van der Waals surface area (Å²) in [6.45, 7) is 3.74. The molecule has 14 heteroatoms. The molecule has 0 aliphatic heterocycles. The lowest BCUT2D eigenvalue weighted by molar-refractivity contribution is -0.290. The topological polar surface area (TPSA) is 81.7 Å². The van der Waals surface area contributed by atoms with Gasteiger partial charge in [0.2, 0.25) is 0 Å². The van der Waals surface area contributed by atoms with Gasteiger partial charge in [0.05, 0.1) is 12.1 Å². The third-order valence-corrected chi connectivity index (χ3v) is 6.86. The maximum absolute atomic E-state index is 14.9. The van der Waals surface area contributed by atoms with Crippen molar-refractivity contribution in [2.75, 3.05) is 19.6 Å². The van der Waals surface area contributed by atoms with E-state index in [1.165, 1.54) is 19.2 Å². The molecule has 0 saturated heterocycles. The average molecular weight is 640 g/mol. The standard InChI is InChI=1S/C30H37F8N3O3/c1-4-10-41(11-5-2)27(44)29(35,36)30(37,38)28(33,34)26(43)40-24(15-21-13-22(31)16-23(32)14-21)25(42)18-39-17-20-9-7-8-19(6-3)12-20/h7-9,12-14,16,24-25,39,42H,4-6,10-11,15,17-18H2,1-3H3,(H,40,43)/t24-,25+/m0/s1. The summed E-state index contributed by atoms with van der Waals surface area (Å²) in [7, 11) is 0. The molecule has 0 aliphatic rings. The van der Waals surface area contributed by atoms with E-state index in [4.69, 9.17) is 0 Å². The Morgan fingerprint density at radius 2 is 1.41 bits per heavy atom. The van der Waals surface area contributed by atoms with Crippen LogP contribution in [-0.2, 0) is 29.0 Å². The molecule has 6 nitrogen and oxygen atoms in total. The number of carbonyl (C=O) groups excluding carboxylic acids is 2. The molecule has 2 rings (SSSR count). The SMILES string of the molecule is CCCN(CCC)C(=O)C(F)(F)C(F)(F)C(F)(F)C(=O)N[C@@H](Cc1cc(F)cc(F)c1)[C@H](O)CNCc1cccc(CC)c1. The van der Waals surface area contributed by atoms with Crippen molar-refractivity contribution in [3.8, 4) is 0 Å². The van der Waals surface area contributed by atoms with Crippen LogP contribution in [0.1, 0.15) is 50.3 Å². The predicted octanol–water partition coefficient (Wildman–Crippen LogP) is 5.26. The molecule has 3 N–H and O–H groups in total. The summed E-state index contributed by atoms with van der Waals surface area (Å²) in [5, 5.41) is 15.0. The highest BCUT2D eigenvalue weighted by Crippen LogP contribution is 2.47. The van der Waals surface area contributed by atoms with E-state index >= 15 is 0 Å². The summed E-state index contributed by atoms with van der Waals surface area (Å²) in [6, 6.07) is 7.36. The van der Waals surface area contributed by atoms with Crippen molar-refractivity contribution in [1.82, 2.24) is 15.5 Å². The van der Waals surface area contributed by atoms with Crippen molar-refractivity contribution in [2.45, 2.75) is 82.9 Å². The van der Waals surface area contributed by atoms with Gasteiger partial charge in [0.1, 0.15) is 11.6 Å². The van der Waals surface area contributed by atoms with Crippen molar-refractivity contribution in [2.24, 2.45) is 0 Å². The van der Waals surface area contributed by atoms with Crippen LogP contribution in [-0.4, -0.2) is 71.4 Å². The lowest BCUT2D eigenvalue weighted by Gasteiger charge is -2.35. The van der Waals surface area contributed by atoms with Gasteiger partial charge in [0.15, 0.2) is 0 Å². The second-order valence-corrected chi connectivity index (χ2v) is 10.4. The van der Waals surface area contributed by atoms with Crippen LogP contribution >= 0.6 is 0 Å². The number of benzene rings is 2. The van der Waals surface area contributed by atoms with Crippen LogP contribution in [0, 0.1) is 11.6 Å². The van der Waals surface area contributed by atoms with Crippen LogP contribution in [0.15, 0.2) is 42.5 Å². The first-order valence-electron chi connectivity index (χ1n) is 14.2. The van der Waals surface area contributed by atoms with Gasteiger partial charge >= 0.3 is 17.8 Å². The minimum atomic E-state index is -6.48. The Bertz CT molecular complexity index is 1240. The number of aryl methyl sites for hydroxylation is 1. The molecule has 0 spiro atoms. The summed E-state index contributed by atoms with van der Waals surface area (Å²) in [6.07, 6.45) is -1.69. The Hall–Kier alpha value is -3.26. The normalized spacial score (nSPS) is 13.8. The van der Waals surface area contributed by atoms with Gasteiger partial charge in [-0.05, 0) is 54.5 Å². The van der Waals surface area contributed by atoms with Crippen molar-refractivity contribution in [3.05, 3.63) is 70.8 Å². The second-order valence-electron chi connectivity index (χ2n) is 10.4. The first-order chi connectivity index (χ1) is 20.5. The van der Waals surface area contributed by atoms with Gasteiger partial charge in [-0.3, -0.25) is 9.59 Å². The lowest BCUT2D eigenvalue weighted by Crippen LogP contribution is -2.67. The van der Waals surface area contributed by atoms with Gasteiger partial charge in [0, 0.05) is 32.2 Å². The summed E-state index contributed by atoms with van der Waals surface area (Å²) >= 11 is 0. The molecule has 246 valence electrons. The Kier molecular flexibility index (Phi) is 13.1. The summed E-state index contributed by atoms with van der Waals surface area (Å²) < 4.78 is 116. The number of carbonyl (C=O) groups is 2. The highest BCUT2D eigenvalue weighted by molar-refractivity contribution is 5.90. The van der Waals surface area contributed by atoms with E-state index < -0.39 is 79.4 Å². The predicted molar refractivity (Wildman–Crippen MR) is 148 cm³/mol. The quantitative estimate of drug-likeness (QED) is 0.207. The molecule has 2 aromatic rings. The minimum Gasteiger partial charge on any atom is -0.390 e. The highest BCUT2D eigenvalue weighted by Gasteiger charge is 2.78. The smallest absolute Gasteiger partial charge is 0.390 e. The van der Waals surface area contributed by atoms with Crippen LogP contribution in [0.4, 0.5) is 35.1 Å². The van der Waals surface area contributed by atoms with Crippen LogP contribution in [0.2, 0.25) is 0 Å². The molecule has 0 aliphatic carbocycles. The van der Waals surface area contributed by atoms with E-state index in [2.05, 4.69) is 5.32 Å². The minimum absolute atomic E-state index is 0.0720. The van der Waals surface area contributed by atoms with Gasteiger partial charge in [-0.2, -0.15) is 26.3 Å². The molecule has 0 saturated carbocycles. The van der Waals surface area contributed by atoms with Crippen molar-refractivity contribution in [1.29, 1.82) is 0 Å². The first-order valence-corrected chi connectivity index (χ1v) is 14.2. The van der Waals surface area contributed by atoms with Gasteiger partial charge in [-0.15, -0.1) is 0 Å². The van der Waals surface area contributed by atoms with E-state index in [9.17, 15) is 49.8 Å². The van der Waals surface area contributed by atoms with Crippen molar-refractivity contribution in [3.63, 3.8) is 0 Å². The summed E-state index contributed by atoms with van der Waals surface area (Å²) in [5.74, 6) is -26.3. The molecule has 2 amide bonds. The van der Waals surface area contributed by atoms with Gasteiger partial charge in [-0.1, -0.05) is 45.0 Å². The number of amides is 2. The Morgan fingerprint density at radius 3 is 1.95 bits per heavy atom. The molecule has 2 aromatic carbocycles. The summed E-state index contributed by atoms with van der Waals surface area (Å²) in [4.78, 5) is 25.1. The maximum Gasteiger partial charge on any atom is 0.393 e. The van der Waals surface area contributed by atoms with Gasteiger partial charge < -0.3 is 20.6 Å². The highest BCUT2D eigenvalue weighted by atomic mass is 19.3. The third-order valence-electron chi connectivity index (χ3n) is 6.86. The molecule has 0 fully saturated rings.